The first kappa shape index (κ1) is 39.2. The Morgan fingerprint density at radius 2 is 0.638 bits per heavy atom. The van der Waals surface area contributed by atoms with Gasteiger partial charge in [0, 0.05) is 33.5 Å². The molecular formula is C67H44N2. The molecule has 0 unspecified atom stereocenters. The maximum atomic E-state index is 2.48. The number of aromatic nitrogens is 1. The van der Waals surface area contributed by atoms with Crippen LogP contribution >= 0.6 is 0 Å². The predicted molar refractivity (Wildman–Crippen MR) is 288 cm³/mol. The molecule has 1 heterocycles. The molecule has 0 saturated heterocycles. The third-order valence-corrected chi connectivity index (χ3v) is 14.8. The Hall–Kier alpha value is -8.98. The van der Waals surface area contributed by atoms with E-state index in [1.54, 1.807) is 0 Å². The number of hydrogen-bond acceptors (Lipinski definition) is 1. The van der Waals surface area contributed by atoms with E-state index in [1.165, 1.54) is 88.6 Å². The topological polar surface area (TPSA) is 8.17 Å². The molecule has 0 N–H and O–H groups in total. The van der Waals surface area contributed by atoms with Crippen molar-refractivity contribution >= 4 is 38.9 Å². The molecule has 1 spiro atoms. The minimum atomic E-state index is -0.445. The van der Waals surface area contributed by atoms with Gasteiger partial charge in [0.15, 0.2) is 0 Å². The van der Waals surface area contributed by atoms with Gasteiger partial charge < -0.3 is 9.47 Å². The number of anilines is 3. The van der Waals surface area contributed by atoms with E-state index in [9.17, 15) is 0 Å². The lowest BCUT2D eigenvalue weighted by Crippen LogP contribution is -2.26. The maximum Gasteiger partial charge on any atom is 0.0726 e. The van der Waals surface area contributed by atoms with Gasteiger partial charge in [-0.15, -0.1) is 0 Å². The highest BCUT2D eigenvalue weighted by Crippen LogP contribution is 2.63. The zero-order valence-electron chi connectivity index (χ0n) is 37.8. The van der Waals surface area contributed by atoms with Crippen LogP contribution in [-0.2, 0) is 5.41 Å². The molecule has 2 heteroatoms. The van der Waals surface area contributed by atoms with Crippen LogP contribution in [0.3, 0.4) is 0 Å². The van der Waals surface area contributed by atoms with Crippen molar-refractivity contribution < 1.29 is 0 Å². The highest BCUT2D eigenvalue weighted by Gasteiger charge is 2.51. The summed E-state index contributed by atoms with van der Waals surface area (Å²) >= 11 is 0. The molecule has 69 heavy (non-hydrogen) atoms. The molecule has 0 atom stereocenters. The fourth-order valence-electron chi connectivity index (χ4n) is 11.8. The first-order valence-electron chi connectivity index (χ1n) is 23.9. The average molecular weight is 877 g/mol. The van der Waals surface area contributed by atoms with Crippen LogP contribution < -0.4 is 4.90 Å². The van der Waals surface area contributed by atoms with Gasteiger partial charge in [-0.05, 0) is 145 Å². The second kappa shape index (κ2) is 15.6. The predicted octanol–water partition coefficient (Wildman–Crippen LogP) is 17.6. The van der Waals surface area contributed by atoms with Gasteiger partial charge >= 0.3 is 0 Å². The first-order valence-corrected chi connectivity index (χ1v) is 23.9. The number of fused-ring (bicyclic) bond motifs is 13. The minimum absolute atomic E-state index is 0.445. The molecule has 0 fully saturated rings. The summed E-state index contributed by atoms with van der Waals surface area (Å²) in [5, 5.41) is 2.51. The van der Waals surface area contributed by atoms with E-state index in [0.29, 0.717) is 0 Å². The van der Waals surface area contributed by atoms with Crippen LogP contribution in [0, 0.1) is 0 Å². The molecule has 0 radical (unpaired) electrons. The normalized spacial score (nSPS) is 12.8. The van der Waals surface area contributed by atoms with Crippen molar-refractivity contribution in [3.8, 4) is 61.3 Å². The summed E-state index contributed by atoms with van der Waals surface area (Å²) in [6.07, 6.45) is 0. The number of hydrogen-bond donors (Lipinski definition) is 0. The van der Waals surface area contributed by atoms with E-state index >= 15 is 0 Å². The van der Waals surface area contributed by atoms with Crippen molar-refractivity contribution in [1.82, 2.24) is 4.57 Å². The summed E-state index contributed by atoms with van der Waals surface area (Å²) in [5.74, 6) is 0. The van der Waals surface area contributed by atoms with E-state index in [2.05, 4.69) is 276 Å². The van der Waals surface area contributed by atoms with E-state index in [-0.39, 0.29) is 0 Å². The van der Waals surface area contributed by atoms with E-state index in [1.807, 2.05) is 0 Å². The molecular weight excluding hydrogens is 833 g/mol. The summed E-state index contributed by atoms with van der Waals surface area (Å²) in [6.45, 7) is 0. The van der Waals surface area contributed by atoms with Gasteiger partial charge in [-0.25, -0.2) is 0 Å². The summed E-state index contributed by atoms with van der Waals surface area (Å²) in [6, 6.07) is 98.5. The quantitative estimate of drug-likeness (QED) is 0.155. The molecule has 2 nitrogen and oxygen atoms in total. The SMILES string of the molecule is c1ccc(-c2ccc(N(c3ccc(-c4cc(-c5ccccc5)cc(-n5c6ccccc6c6ccccc65)c4)cc3)c3ccc4c(c3)C3(c5ccccc5-c5ccccc53)c3ccccc3-4)cc2)cc1. The van der Waals surface area contributed by atoms with Crippen LogP contribution in [0.4, 0.5) is 17.1 Å². The van der Waals surface area contributed by atoms with E-state index < -0.39 is 5.41 Å². The van der Waals surface area contributed by atoms with Gasteiger partial charge in [0.25, 0.3) is 0 Å². The Labute approximate surface area is 402 Å². The summed E-state index contributed by atoms with van der Waals surface area (Å²) in [4.78, 5) is 2.44. The van der Waals surface area contributed by atoms with Crippen molar-refractivity contribution in [3.05, 3.63) is 289 Å². The van der Waals surface area contributed by atoms with Crippen LogP contribution in [0.2, 0.25) is 0 Å². The lowest BCUT2D eigenvalue weighted by molar-refractivity contribution is 0.793. The Bertz CT molecular complexity index is 3820. The Kier molecular flexibility index (Phi) is 8.84. The zero-order valence-corrected chi connectivity index (χ0v) is 37.8. The van der Waals surface area contributed by atoms with Crippen LogP contribution in [0.25, 0.3) is 83.1 Å². The molecule has 2 aliphatic rings. The number of benzene rings is 11. The lowest BCUT2D eigenvalue weighted by Gasteiger charge is -2.32. The monoisotopic (exact) mass is 876 g/mol. The molecule has 0 aliphatic heterocycles. The molecule has 11 aromatic carbocycles. The van der Waals surface area contributed by atoms with Crippen LogP contribution in [0.5, 0.6) is 0 Å². The molecule has 322 valence electrons. The Morgan fingerprint density at radius 3 is 1.14 bits per heavy atom. The number of para-hydroxylation sites is 2. The molecule has 0 bridgehead atoms. The van der Waals surface area contributed by atoms with Crippen molar-refractivity contribution in [2.45, 2.75) is 5.41 Å². The van der Waals surface area contributed by atoms with Crippen molar-refractivity contribution in [3.63, 3.8) is 0 Å². The lowest BCUT2D eigenvalue weighted by atomic mass is 9.70. The standard InChI is InChI=1S/C67H44N2/c1-3-17-45(18-4-1)47-31-35-51(36-32-47)68(53-39-40-58-57-23-9-14-28-63(57)67(64(58)44-53)61-26-12-7-21-55(61)56-22-8-13-27-62(56)67)52-37-33-48(34-38-52)50-41-49(46-19-5-2-6-20-46)42-54(43-50)69-65-29-15-10-24-59(65)60-25-11-16-30-66(60)69/h1-44H. The zero-order chi connectivity index (χ0) is 45.5. The molecule has 14 rings (SSSR count). The molecule has 12 aromatic rings. The van der Waals surface area contributed by atoms with Gasteiger partial charge in [-0.3, -0.25) is 0 Å². The van der Waals surface area contributed by atoms with Crippen LogP contribution in [0.15, 0.2) is 267 Å². The third kappa shape index (κ3) is 5.99. The smallest absolute Gasteiger partial charge is 0.0726 e. The molecule has 0 saturated carbocycles. The third-order valence-electron chi connectivity index (χ3n) is 14.8. The minimum Gasteiger partial charge on any atom is -0.310 e. The number of nitrogens with zero attached hydrogens (tertiary/aromatic N) is 2. The Morgan fingerprint density at radius 1 is 0.261 bits per heavy atom. The van der Waals surface area contributed by atoms with Gasteiger partial charge in [0.05, 0.1) is 16.4 Å². The van der Waals surface area contributed by atoms with Crippen molar-refractivity contribution in [2.24, 2.45) is 0 Å². The second-order valence-corrected chi connectivity index (χ2v) is 18.4. The summed E-state index contributed by atoms with van der Waals surface area (Å²) in [5.41, 5.74) is 24.0. The summed E-state index contributed by atoms with van der Waals surface area (Å²) in [7, 11) is 0. The van der Waals surface area contributed by atoms with Gasteiger partial charge in [0.1, 0.15) is 0 Å². The van der Waals surface area contributed by atoms with Crippen LogP contribution in [0.1, 0.15) is 22.3 Å². The van der Waals surface area contributed by atoms with Crippen LogP contribution in [-0.4, -0.2) is 4.57 Å². The fraction of sp³-hybridized carbons (Fsp3) is 0.0149. The van der Waals surface area contributed by atoms with Gasteiger partial charge in [-0.1, -0.05) is 200 Å². The molecule has 2 aliphatic carbocycles. The average Bonchev–Trinajstić information content (AvgIpc) is 4.04. The largest absolute Gasteiger partial charge is 0.310 e. The highest BCUT2D eigenvalue weighted by atomic mass is 15.1. The molecule has 0 amide bonds. The van der Waals surface area contributed by atoms with E-state index in [4.69, 9.17) is 0 Å². The maximum absolute atomic E-state index is 2.48. The van der Waals surface area contributed by atoms with Gasteiger partial charge in [-0.2, -0.15) is 0 Å². The Balaban J connectivity index is 0.943. The van der Waals surface area contributed by atoms with Crippen molar-refractivity contribution in [1.29, 1.82) is 0 Å². The number of rotatable bonds is 7. The summed E-state index contributed by atoms with van der Waals surface area (Å²) < 4.78 is 2.43. The second-order valence-electron chi connectivity index (χ2n) is 18.4. The molecule has 1 aromatic heterocycles. The van der Waals surface area contributed by atoms with Crippen molar-refractivity contribution in [2.75, 3.05) is 4.90 Å². The fourth-order valence-corrected chi connectivity index (χ4v) is 11.8. The first-order chi connectivity index (χ1) is 34.2. The highest BCUT2D eigenvalue weighted by molar-refractivity contribution is 6.09. The van der Waals surface area contributed by atoms with E-state index in [0.717, 1.165) is 33.9 Å². The van der Waals surface area contributed by atoms with Gasteiger partial charge in [0.2, 0.25) is 0 Å².